The number of rotatable bonds is 6. The molecule has 0 bridgehead atoms. The van der Waals surface area contributed by atoms with Gasteiger partial charge in [-0.15, -0.1) is 0 Å². The second-order valence-corrected chi connectivity index (χ2v) is 6.53. The van der Waals surface area contributed by atoms with Crippen LogP contribution in [0.5, 0.6) is 5.75 Å². The standard InChI is InChI=1S/C19H26N4O2/c1-4-15(5-2)23-14(3)18(12-21-23)19(24)22-10-8-17(13-22)25-16-7-6-9-20-11-16/h6-7,9,11-12,15,17H,4-5,8,10,13H2,1-3H3/t17-/m1/s1. The molecule has 1 aliphatic rings. The fourth-order valence-electron chi connectivity index (χ4n) is 3.42. The average Bonchev–Trinajstić information content (AvgIpc) is 3.24. The van der Waals surface area contributed by atoms with E-state index in [1.807, 2.05) is 28.6 Å². The van der Waals surface area contributed by atoms with E-state index in [0.717, 1.165) is 30.7 Å². The maximum atomic E-state index is 12.9. The smallest absolute Gasteiger partial charge is 0.257 e. The van der Waals surface area contributed by atoms with Gasteiger partial charge in [0, 0.05) is 24.9 Å². The Morgan fingerprint density at radius 3 is 2.84 bits per heavy atom. The molecule has 1 saturated heterocycles. The Morgan fingerprint density at radius 2 is 2.16 bits per heavy atom. The van der Waals surface area contributed by atoms with Crippen molar-refractivity contribution < 1.29 is 9.53 Å². The van der Waals surface area contributed by atoms with Gasteiger partial charge in [-0.3, -0.25) is 14.5 Å². The number of aromatic nitrogens is 3. The molecule has 0 aliphatic carbocycles. The third-order valence-corrected chi connectivity index (χ3v) is 4.93. The molecule has 0 aromatic carbocycles. The van der Waals surface area contributed by atoms with E-state index in [2.05, 4.69) is 23.9 Å². The first kappa shape index (κ1) is 17.5. The highest BCUT2D eigenvalue weighted by atomic mass is 16.5. The van der Waals surface area contributed by atoms with Crippen molar-refractivity contribution in [1.82, 2.24) is 19.7 Å². The van der Waals surface area contributed by atoms with Crippen molar-refractivity contribution in [2.75, 3.05) is 13.1 Å². The maximum Gasteiger partial charge on any atom is 0.257 e. The van der Waals surface area contributed by atoms with E-state index in [0.29, 0.717) is 24.7 Å². The average molecular weight is 342 g/mol. The summed E-state index contributed by atoms with van der Waals surface area (Å²) in [4.78, 5) is 18.8. The predicted octanol–water partition coefficient (Wildman–Crippen LogP) is 3.24. The number of amides is 1. The Balaban J connectivity index is 1.66. The highest BCUT2D eigenvalue weighted by molar-refractivity contribution is 5.95. The summed E-state index contributed by atoms with van der Waals surface area (Å²) in [5, 5.41) is 4.47. The number of hydrogen-bond donors (Lipinski definition) is 0. The molecule has 0 spiro atoms. The second kappa shape index (κ2) is 7.68. The highest BCUT2D eigenvalue weighted by Gasteiger charge is 2.30. The lowest BCUT2D eigenvalue weighted by Crippen LogP contribution is -2.31. The van der Waals surface area contributed by atoms with Crippen LogP contribution in [0.4, 0.5) is 0 Å². The summed E-state index contributed by atoms with van der Waals surface area (Å²) in [5.41, 5.74) is 1.66. The monoisotopic (exact) mass is 342 g/mol. The Labute approximate surface area is 148 Å². The maximum absolute atomic E-state index is 12.9. The van der Waals surface area contributed by atoms with Gasteiger partial charge >= 0.3 is 0 Å². The minimum Gasteiger partial charge on any atom is -0.487 e. The summed E-state index contributed by atoms with van der Waals surface area (Å²) >= 11 is 0. The van der Waals surface area contributed by atoms with Crippen LogP contribution < -0.4 is 4.74 Å². The molecule has 2 aromatic heterocycles. The van der Waals surface area contributed by atoms with Crippen molar-refractivity contribution in [3.8, 4) is 5.75 Å². The molecule has 1 atom stereocenters. The van der Waals surface area contributed by atoms with Gasteiger partial charge in [-0.05, 0) is 31.9 Å². The molecular weight excluding hydrogens is 316 g/mol. The third kappa shape index (κ3) is 3.67. The molecule has 6 heteroatoms. The molecule has 3 rings (SSSR count). The van der Waals surface area contributed by atoms with Crippen LogP contribution in [0.1, 0.15) is 55.2 Å². The number of likely N-dealkylation sites (tertiary alicyclic amines) is 1. The Kier molecular flexibility index (Phi) is 5.36. The number of carbonyl (C=O) groups excluding carboxylic acids is 1. The topological polar surface area (TPSA) is 60.2 Å². The summed E-state index contributed by atoms with van der Waals surface area (Å²) in [6.45, 7) is 7.59. The molecule has 0 unspecified atom stereocenters. The van der Waals surface area contributed by atoms with Crippen molar-refractivity contribution >= 4 is 5.91 Å². The largest absolute Gasteiger partial charge is 0.487 e. The molecule has 0 N–H and O–H groups in total. The predicted molar refractivity (Wildman–Crippen MR) is 95.8 cm³/mol. The Bertz CT molecular complexity index is 709. The zero-order valence-corrected chi connectivity index (χ0v) is 15.2. The van der Waals surface area contributed by atoms with E-state index < -0.39 is 0 Å². The molecule has 3 heterocycles. The fraction of sp³-hybridized carbons (Fsp3) is 0.526. The SMILES string of the molecule is CCC(CC)n1ncc(C(=O)N2CC[C@@H](Oc3cccnc3)C2)c1C. The first-order valence-electron chi connectivity index (χ1n) is 9.04. The number of nitrogens with zero attached hydrogens (tertiary/aromatic N) is 4. The van der Waals surface area contributed by atoms with Crippen molar-refractivity contribution in [1.29, 1.82) is 0 Å². The summed E-state index contributed by atoms with van der Waals surface area (Å²) < 4.78 is 7.92. The number of carbonyl (C=O) groups is 1. The lowest BCUT2D eigenvalue weighted by atomic mass is 10.1. The molecule has 2 aromatic rings. The highest BCUT2D eigenvalue weighted by Crippen LogP contribution is 2.23. The van der Waals surface area contributed by atoms with Gasteiger partial charge in [0.15, 0.2) is 0 Å². The Hall–Kier alpha value is -2.37. The molecule has 1 aliphatic heterocycles. The number of hydrogen-bond acceptors (Lipinski definition) is 4. The van der Waals surface area contributed by atoms with Gasteiger partial charge in [-0.1, -0.05) is 13.8 Å². The van der Waals surface area contributed by atoms with Gasteiger partial charge < -0.3 is 9.64 Å². The molecule has 1 amide bonds. The van der Waals surface area contributed by atoms with Gasteiger partial charge in [0.05, 0.1) is 30.5 Å². The summed E-state index contributed by atoms with van der Waals surface area (Å²) in [7, 11) is 0. The van der Waals surface area contributed by atoms with E-state index in [1.54, 1.807) is 18.6 Å². The van der Waals surface area contributed by atoms with Crippen LogP contribution in [0.3, 0.4) is 0 Å². The number of pyridine rings is 1. The van der Waals surface area contributed by atoms with E-state index in [4.69, 9.17) is 4.74 Å². The minimum absolute atomic E-state index is 0.0162. The van der Waals surface area contributed by atoms with Crippen molar-refractivity contribution in [3.63, 3.8) is 0 Å². The molecular formula is C19H26N4O2. The molecule has 25 heavy (non-hydrogen) atoms. The normalized spacial score (nSPS) is 17.3. The molecule has 0 radical (unpaired) electrons. The summed E-state index contributed by atoms with van der Waals surface area (Å²) in [6.07, 6.45) is 8.01. The van der Waals surface area contributed by atoms with E-state index in [9.17, 15) is 4.79 Å². The van der Waals surface area contributed by atoms with Gasteiger partial charge in [0.2, 0.25) is 0 Å². The van der Waals surface area contributed by atoms with Crippen LogP contribution in [-0.4, -0.2) is 44.8 Å². The molecule has 1 fully saturated rings. The second-order valence-electron chi connectivity index (χ2n) is 6.53. The van der Waals surface area contributed by atoms with Crippen molar-refractivity contribution in [3.05, 3.63) is 42.0 Å². The van der Waals surface area contributed by atoms with E-state index in [-0.39, 0.29) is 12.0 Å². The van der Waals surface area contributed by atoms with Crippen molar-refractivity contribution in [2.24, 2.45) is 0 Å². The lowest BCUT2D eigenvalue weighted by Gasteiger charge is -2.18. The van der Waals surface area contributed by atoms with Gasteiger partial charge in [0.25, 0.3) is 5.91 Å². The van der Waals surface area contributed by atoms with Gasteiger partial charge in [0.1, 0.15) is 11.9 Å². The molecule has 6 nitrogen and oxygen atoms in total. The van der Waals surface area contributed by atoms with Gasteiger partial charge in [-0.2, -0.15) is 5.10 Å². The van der Waals surface area contributed by atoms with E-state index >= 15 is 0 Å². The Morgan fingerprint density at radius 1 is 1.36 bits per heavy atom. The fourth-order valence-corrected chi connectivity index (χ4v) is 3.42. The summed E-state index contributed by atoms with van der Waals surface area (Å²) in [5.74, 6) is 0.798. The number of ether oxygens (including phenoxy) is 1. The van der Waals surface area contributed by atoms with Crippen molar-refractivity contribution in [2.45, 2.75) is 52.2 Å². The minimum atomic E-state index is 0.0162. The van der Waals surface area contributed by atoms with Crippen LogP contribution >= 0.6 is 0 Å². The quantitative estimate of drug-likeness (QED) is 0.808. The van der Waals surface area contributed by atoms with E-state index in [1.165, 1.54) is 0 Å². The van der Waals surface area contributed by atoms with Crippen LogP contribution in [0.25, 0.3) is 0 Å². The van der Waals surface area contributed by atoms with Crippen LogP contribution in [-0.2, 0) is 0 Å². The lowest BCUT2D eigenvalue weighted by molar-refractivity contribution is 0.0771. The summed E-state index contributed by atoms with van der Waals surface area (Å²) in [6, 6.07) is 4.09. The first-order chi connectivity index (χ1) is 12.1. The van der Waals surface area contributed by atoms with Crippen LogP contribution in [0.2, 0.25) is 0 Å². The third-order valence-electron chi connectivity index (χ3n) is 4.93. The van der Waals surface area contributed by atoms with Crippen LogP contribution in [0.15, 0.2) is 30.7 Å². The first-order valence-corrected chi connectivity index (χ1v) is 9.04. The van der Waals surface area contributed by atoms with Gasteiger partial charge in [-0.25, -0.2) is 0 Å². The molecule has 134 valence electrons. The molecule has 0 saturated carbocycles. The zero-order valence-electron chi connectivity index (χ0n) is 15.2. The van der Waals surface area contributed by atoms with Crippen LogP contribution in [0, 0.1) is 6.92 Å². The zero-order chi connectivity index (χ0) is 17.8.